The fraction of sp³-hybridized carbons (Fsp3) is 0.346. The highest BCUT2D eigenvalue weighted by atomic mass is 19.1. The Kier molecular flexibility index (Phi) is 6.25. The molecular weight excluding hydrogens is 447 g/mol. The molecule has 2 saturated heterocycles. The van der Waals surface area contributed by atoms with Crippen LogP contribution in [0.5, 0.6) is 0 Å². The molecule has 1 aromatic heterocycles. The summed E-state index contributed by atoms with van der Waals surface area (Å²) in [5.74, 6) is 0.631. The lowest BCUT2D eigenvalue weighted by molar-refractivity contribution is 0.0888. The van der Waals surface area contributed by atoms with Crippen LogP contribution in [0, 0.1) is 12.7 Å². The third-order valence-corrected chi connectivity index (χ3v) is 6.33. The van der Waals surface area contributed by atoms with Gasteiger partial charge in [0.25, 0.3) is 5.91 Å². The van der Waals surface area contributed by atoms with E-state index < -0.39 is 11.4 Å². The molecule has 5 rings (SSSR count). The van der Waals surface area contributed by atoms with E-state index in [1.54, 1.807) is 12.3 Å². The number of anilines is 4. The number of nitrogens with one attached hydrogen (secondary N) is 2. The fourth-order valence-electron chi connectivity index (χ4n) is 4.52. The molecule has 3 aromatic rings. The van der Waals surface area contributed by atoms with E-state index in [1.165, 1.54) is 23.9 Å². The molecule has 1 amide bonds. The third-order valence-electron chi connectivity index (χ3n) is 6.33. The van der Waals surface area contributed by atoms with Gasteiger partial charge >= 0.3 is 0 Å². The molecule has 2 fully saturated rings. The normalized spacial score (nSPS) is 17.0. The molecule has 2 aromatic carbocycles. The molecular formula is C26H29FN6O2. The van der Waals surface area contributed by atoms with Crippen molar-refractivity contribution < 1.29 is 13.9 Å². The smallest absolute Gasteiger partial charge is 0.251 e. The lowest BCUT2D eigenvalue weighted by Crippen LogP contribution is -2.69. The van der Waals surface area contributed by atoms with Crippen molar-refractivity contribution in [2.45, 2.75) is 19.4 Å². The van der Waals surface area contributed by atoms with Crippen LogP contribution in [-0.2, 0) is 4.74 Å². The summed E-state index contributed by atoms with van der Waals surface area (Å²) in [6.07, 6.45) is 1.80. The van der Waals surface area contributed by atoms with E-state index >= 15 is 0 Å². The van der Waals surface area contributed by atoms with Crippen molar-refractivity contribution in [3.05, 3.63) is 71.7 Å². The van der Waals surface area contributed by atoms with Gasteiger partial charge in [-0.2, -0.15) is 4.98 Å². The van der Waals surface area contributed by atoms with Crippen LogP contribution in [-0.4, -0.2) is 60.8 Å². The van der Waals surface area contributed by atoms with Crippen LogP contribution >= 0.6 is 0 Å². The maximum absolute atomic E-state index is 13.5. The SMILES string of the molecule is Cc1cnc(Nc2ccc(N3CCOCC3)cc2)nc1N1CC(C)(NC(=O)c2cccc(F)c2)C1. The molecule has 182 valence electrons. The number of hydrogen-bond acceptors (Lipinski definition) is 7. The van der Waals surface area contributed by atoms with Crippen molar-refractivity contribution in [2.24, 2.45) is 0 Å². The molecule has 2 aliphatic rings. The van der Waals surface area contributed by atoms with Gasteiger partial charge in [0, 0.05) is 54.9 Å². The minimum atomic E-state index is -0.427. The van der Waals surface area contributed by atoms with Crippen LogP contribution in [0.2, 0.25) is 0 Å². The number of aryl methyl sites for hydroxylation is 1. The molecule has 0 unspecified atom stereocenters. The summed E-state index contributed by atoms with van der Waals surface area (Å²) in [6.45, 7) is 8.44. The van der Waals surface area contributed by atoms with E-state index in [0.29, 0.717) is 24.6 Å². The van der Waals surface area contributed by atoms with E-state index in [1.807, 2.05) is 26.0 Å². The summed E-state index contributed by atoms with van der Waals surface area (Å²) in [7, 11) is 0. The highest BCUT2D eigenvalue weighted by molar-refractivity contribution is 5.95. The van der Waals surface area contributed by atoms with Crippen LogP contribution in [0.4, 0.5) is 27.5 Å². The largest absolute Gasteiger partial charge is 0.378 e. The first kappa shape index (κ1) is 23.0. The number of benzene rings is 2. The molecule has 2 aliphatic heterocycles. The van der Waals surface area contributed by atoms with Crippen molar-refractivity contribution in [1.82, 2.24) is 15.3 Å². The average Bonchev–Trinajstić information content (AvgIpc) is 2.85. The second-order valence-electron chi connectivity index (χ2n) is 9.35. The van der Waals surface area contributed by atoms with Crippen molar-refractivity contribution in [3.8, 4) is 0 Å². The van der Waals surface area contributed by atoms with Gasteiger partial charge in [0.05, 0.1) is 18.8 Å². The Labute approximate surface area is 204 Å². The number of ether oxygens (including phenoxy) is 1. The zero-order valence-electron chi connectivity index (χ0n) is 19.9. The van der Waals surface area contributed by atoms with Gasteiger partial charge in [0.1, 0.15) is 11.6 Å². The van der Waals surface area contributed by atoms with Crippen LogP contribution in [0.1, 0.15) is 22.8 Å². The zero-order chi connectivity index (χ0) is 24.4. The van der Waals surface area contributed by atoms with Crippen molar-refractivity contribution in [1.29, 1.82) is 0 Å². The summed E-state index contributed by atoms with van der Waals surface area (Å²) in [4.78, 5) is 26.1. The maximum Gasteiger partial charge on any atom is 0.251 e. The molecule has 0 spiro atoms. The Balaban J connectivity index is 1.22. The summed E-state index contributed by atoms with van der Waals surface area (Å²) in [6, 6.07) is 13.9. The molecule has 0 atom stereocenters. The fourth-order valence-corrected chi connectivity index (χ4v) is 4.52. The zero-order valence-corrected chi connectivity index (χ0v) is 19.9. The minimum absolute atomic E-state index is 0.283. The number of hydrogen-bond donors (Lipinski definition) is 2. The van der Waals surface area contributed by atoms with E-state index in [4.69, 9.17) is 9.72 Å². The van der Waals surface area contributed by atoms with Crippen molar-refractivity contribution >= 4 is 29.0 Å². The molecule has 2 N–H and O–H groups in total. The molecule has 35 heavy (non-hydrogen) atoms. The van der Waals surface area contributed by atoms with Gasteiger partial charge in [0.2, 0.25) is 5.95 Å². The number of nitrogens with zero attached hydrogens (tertiary/aromatic N) is 4. The lowest BCUT2D eigenvalue weighted by atomic mass is 9.91. The number of halogens is 1. The van der Waals surface area contributed by atoms with E-state index in [0.717, 1.165) is 43.4 Å². The highest BCUT2D eigenvalue weighted by Gasteiger charge is 2.41. The minimum Gasteiger partial charge on any atom is -0.378 e. The standard InChI is InChI=1S/C26H29FN6O2/c1-18-15-28-25(29-21-6-8-22(9-7-21)32-10-12-35-13-11-32)30-23(18)33-16-26(2,17-33)31-24(34)19-4-3-5-20(27)14-19/h3-9,14-15H,10-13,16-17H2,1-2H3,(H,31,34)(H,28,29,30). The lowest BCUT2D eigenvalue weighted by Gasteiger charge is -2.49. The first-order valence-electron chi connectivity index (χ1n) is 11.8. The Morgan fingerprint density at radius 1 is 1.09 bits per heavy atom. The maximum atomic E-state index is 13.5. The van der Waals surface area contributed by atoms with Gasteiger partial charge in [-0.05, 0) is 56.3 Å². The predicted molar refractivity (Wildman–Crippen MR) is 134 cm³/mol. The molecule has 8 nitrogen and oxygen atoms in total. The number of aromatic nitrogens is 2. The first-order chi connectivity index (χ1) is 16.9. The highest BCUT2D eigenvalue weighted by Crippen LogP contribution is 2.30. The first-order valence-corrected chi connectivity index (χ1v) is 11.8. The summed E-state index contributed by atoms with van der Waals surface area (Å²) < 4.78 is 18.9. The Morgan fingerprint density at radius 3 is 2.54 bits per heavy atom. The molecule has 0 saturated carbocycles. The van der Waals surface area contributed by atoms with Gasteiger partial charge in [-0.25, -0.2) is 9.37 Å². The number of rotatable bonds is 6. The molecule has 9 heteroatoms. The van der Waals surface area contributed by atoms with Crippen molar-refractivity contribution in [3.63, 3.8) is 0 Å². The summed E-state index contributed by atoms with van der Waals surface area (Å²) in [5.41, 5.74) is 2.92. The van der Waals surface area contributed by atoms with E-state index in [2.05, 4.69) is 37.6 Å². The van der Waals surface area contributed by atoms with E-state index in [-0.39, 0.29) is 5.91 Å². The molecule has 0 aliphatic carbocycles. The molecule has 0 bridgehead atoms. The predicted octanol–water partition coefficient (Wildman–Crippen LogP) is 3.51. The summed E-state index contributed by atoms with van der Waals surface area (Å²) >= 11 is 0. The quantitative estimate of drug-likeness (QED) is 0.563. The third kappa shape index (κ3) is 5.19. The monoisotopic (exact) mass is 476 g/mol. The van der Waals surface area contributed by atoms with E-state index in [9.17, 15) is 9.18 Å². The summed E-state index contributed by atoms with van der Waals surface area (Å²) in [5, 5.41) is 6.31. The van der Waals surface area contributed by atoms with Gasteiger partial charge in [0.15, 0.2) is 0 Å². The number of amides is 1. The van der Waals surface area contributed by atoms with Crippen molar-refractivity contribution in [2.75, 3.05) is 54.5 Å². The molecule has 0 radical (unpaired) electrons. The van der Waals surface area contributed by atoms with Crippen LogP contribution in [0.25, 0.3) is 0 Å². The average molecular weight is 477 g/mol. The van der Waals surface area contributed by atoms with Crippen LogP contribution in [0.3, 0.4) is 0 Å². The van der Waals surface area contributed by atoms with Gasteiger partial charge in [-0.3, -0.25) is 4.79 Å². The Hall–Kier alpha value is -3.72. The second-order valence-corrected chi connectivity index (χ2v) is 9.35. The number of morpholine rings is 1. The second kappa shape index (κ2) is 9.50. The van der Waals surface area contributed by atoms with Gasteiger partial charge in [-0.15, -0.1) is 0 Å². The number of carbonyl (C=O) groups is 1. The van der Waals surface area contributed by atoms with Gasteiger partial charge < -0.3 is 25.2 Å². The number of carbonyl (C=O) groups excluding carboxylic acids is 1. The van der Waals surface area contributed by atoms with Crippen LogP contribution in [0.15, 0.2) is 54.7 Å². The Morgan fingerprint density at radius 2 is 1.83 bits per heavy atom. The van der Waals surface area contributed by atoms with Gasteiger partial charge in [-0.1, -0.05) is 6.07 Å². The van der Waals surface area contributed by atoms with Crippen LogP contribution < -0.4 is 20.4 Å². The molecule has 3 heterocycles. The topological polar surface area (TPSA) is 82.6 Å². The Bertz CT molecular complexity index is 1210.